The van der Waals surface area contributed by atoms with Crippen molar-refractivity contribution in [3.05, 3.63) is 58.9 Å². The molecule has 0 fully saturated rings. The highest BCUT2D eigenvalue weighted by Crippen LogP contribution is 2.24. The van der Waals surface area contributed by atoms with E-state index in [0.717, 1.165) is 0 Å². The molecule has 0 unspecified atom stereocenters. The van der Waals surface area contributed by atoms with Gasteiger partial charge < -0.3 is 10.1 Å². The molecule has 0 radical (unpaired) electrons. The molecule has 0 heterocycles. The van der Waals surface area contributed by atoms with Crippen molar-refractivity contribution in [2.24, 2.45) is 0 Å². The molecule has 1 amide bonds. The monoisotopic (exact) mass is 350 g/mol. The largest absolute Gasteiger partial charge is 0.495 e. The van der Waals surface area contributed by atoms with Crippen molar-refractivity contribution < 1.29 is 13.9 Å². The third kappa shape index (κ3) is 4.24. The summed E-state index contributed by atoms with van der Waals surface area (Å²) < 4.78 is 19.1. The number of rotatable bonds is 6. The number of halogens is 2. The molecular weight excluding hydrogens is 331 g/mol. The summed E-state index contributed by atoms with van der Waals surface area (Å²) in [5.74, 6) is -0.0148. The molecule has 0 aliphatic heterocycles. The molecular formula is C18H20ClFN2O2. The molecule has 0 saturated heterocycles. The van der Waals surface area contributed by atoms with Crippen LogP contribution in [0.25, 0.3) is 0 Å². The van der Waals surface area contributed by atoms with E-state index in [-0.39, 0.29) is 18.3 Å². The second-order valence-electron chi connectivity index (χ2n) is 5.48. The summed E-state index contributed by atoms with van der Waals surface area (Å²) in [7, 11) is 3.29. The Morgan fingerprint density at radius 1 is 1.29 bits per heavy atom. The van der Waals surface area contributed by atoms with E-state index in [1.807, 2.05) is 12.1 Å². The van der Waals surface area contributed by atoms with Crippen molar-refractivity contribution in [2.45, 2.75) is 19.5 Å². The minimum atomic E-state index is -0.481. The van der Waals surface area contributed by atoms with Crippen molar-refractivity contribution in [1.82, 2.24) is 4.90 Å². The van der Waals surface area contributed by atoms with Gasteiger partial charge in [0.15, 0.2) is 0 Å². The minimum Gasteiger partial charge on any atom is -0.495 e. The molecule has 2 aromatic carbocycles. The van der Waals surface area contributed by atoms with Crippen molar-refractivity contribution in [1.29, 1.82) is 0 Å². The summed E-state index contributed by atoms with van der Waals surface area (Å²) in [6, 6.07) is 11.2. The average Bonchev–Trinajstić information content (AvgIpc) is 2.57. The molecule has 6 heteroatoms. The normalized spacial score (nSPS) is 12.1. The molecule has 1 N–H and O–H groups in total. The van der Waals surface area contributed by atoms with E-state index in [4.69, 9.17) is 16.3 Å². The van der Waals surface area contributed by atoms with E-state index >= 15 is 0 Å². The molecule has 0 aliphatic carbocycles. The second kappa shape index (κ2) is 8.13. The molecule has 2 rings (SSSR count). The quantitative estimate of drug-likeness (QED) is 0.857. The van der Waals surface area contributed by atoms with E-state index in [1.165, 1.54) is 6.07 Å². The Labute approximate surface area is 146 Å². The molecule has 0 saturated carbocycles. The Hall–Kier alpha value is -2.11. The third-order valence-electron chi connectivity index (χ3n) is 3.87. The van der Waals surface area contributed by atoms with Crippen LogP contribution in [0.1, 0.15) is 12.5 Å². The van der Waals surface area contributed by atoms with Crippen LogP contribution in [0.2, 0.25) is 5.02 Å². The molecule has 4 nitrogen and oxygen atoms in total. The lowest BCUT2D eigenvalue weighted by Crippen LogP contribution is -2.39. The predicted molar refractivity (Wildman–Crippen MR) is 94.0 cm³/mol. The van der Waals surface area contributed by atoms with Gasteiger partial charge in [-0.2, -0.15) is 0 Å². The zero-order chi connectivity index (χ0) is 17.7. The number of hydrogen-bond acceptors (Lipinski definition) is 3. The lowest BCUT2D eigenvalue weighted by Gasteiger charge is -2.24. The first kappa shape index (κ1) is 18.2. The fraction of sp³-hybridized carbons (Fsp3) is 0.278. The Kier molecular flexibility index (Phi) is 6.17. The van der Waals surface area contributed by atoms with Crippen molar-refractivity contribution >= 4 is 23.2 Å². The standard InChI is InChI=1S/C18H20ClFN2O2/c1-12(18(23)21-16-9-4-5-10-17(16)24-3)22(2)11-13-14(19)7-6-8-15(13)20/h4-10,12H,11H2,1-3H3,(H,21,23)/t12-/m1/s1. The summed E-state index contributed by atoms with van der Waals surface area (Å²) in [5.41, 5.74) is 0.966. The van der Waals surface area contributed by atoms with Gasteiger partial charge in [0.1, 0.15) is 11.6 Å². The first-order chi connectivity index (χ1) is 11.4. The van der Waals surface area contributed by atoms with Crippen LogP contribution in [0.3, 0.4) is 0 Å². The SMILES string of the molecule is COc1ccccc1NC(=O)[C@@H](C)N(C)Cc1c(F)cccc1Cl. The first-order valence-electron chi connectivity index (χ1n) is 7.51. The van der Waals surface area contributed by atoms with Gasteiger partial charge in [-0.3, -0.25) is 9.69 Å². The zero-order valence-electron chi connectivity index (χ0n) is 13.8. The highest BCUT2D eigenvalue weighted by molar-refractivity contribution is 6.31. The van der Waals surface area contributed by atoms with Crippen molar-refractivity contribution in [2.75, 3.05) is 19.5 Å². The number of carbonyl (C=O) groups excluding carboxylic acids is 1. The summed E-state index contributed by atoms with van der Waals surface area (Å²) in [6.45, 7) is 1.98. The van der Waals surface area contributed by atoms with Gasteiger partial charge in [-0.1, -0.05) is 29.8 Å². The van der Waals surface area contributed by atoms with Crippen molar-refractivity contribution in [3.63, 3.8) is 0 Å². The fourth-order valence-electron chi connectivity index (χ4n) is 2.25. The molecule has 0 bridgehead atoms. The number of amides is 1. The van der Waals surface area contributed by atoms with Gasteiger partial charge in [-0.25, -0.2) is 4.39 Å². The average molecular weight is 351 g/mol. The van der Waals surface area contributed by atoms with Crippen LogP contribution in [0, 0.1) is 5.82 Å². The minimum absolute atomic E-state index is 0.213. The van der Waals surface area contributed by atoms with Gasteiger partial charge in [-0.05, 0) is 38.2 Å². The lowest BCUT2D eigenvalue weighted by molar-refractivity contribution is -0.120. The summed E-state index contributed by atoms with van der Waals surface area (Å²) in [5, 5.41) is 3.17. The van der Waals surface area contributed by atoms with Crippen LogP contribution in [-0.4, -0.2) is 31.0 Å². The molecule has 2 aromatic rings. The number of nitrogens with one attached hydrogen (secondary N) is 1. The number of para-hydroxylation sites is 2. The first-order valence-corrected chi connectivity index (χ1v) is 7.89. The highest BCUT2D eigenvalue weighted by Gasteiger charge is 2.21. The Morgan fingerprint density at radius 3 is 2.67 bits per heavy atom. The van der Waals surface area contributed by atoms with Gasteiger partial charge in [0.2, 0.25) is 5.91 Å². The van der Waals surface area contributed by atoms with E-state index in [2.05, 4.69) is 5.32 Å². The molecule has 0 aliphatic rings. The number of carbonyl (C=O) groups is 1. The second-order valence-corrected chi connectivity index (χ2v) is 5.89. The van der Waals surface area contributed by atoms with Crippen LogP contribution >= 0.6 is 11.6 Å². The number of likely N-dealkylation sites (N-methyl/N-ethyl adjacent to an activating group) is 1. The Morgan fingerprint density at radius 2 is 2.00 bits per heavy atom. The fourth-order valence-corrected chi connectivity index (χ4v) is 2.48. The van der Waals surface area contributed by atoms with E-state index in [9.17, 15) is 9.18 Å². The predicted octanol–water partition coefficient (Wildman–Crippen LogP) is 3.95. The lowest BCUT2D eigenvalue weighted by atomic mass is 10.1. The van der Waals surface area contributed by atoms with E-state index in [0.29, 0.717) is 22.0 Å². The van der Waals surface area contributed by atoms with Crippen LogP contribution in [-0.2, 0) is 11.3 Å². The van der Waals surface area contributed by atoms with Gasteiger partial charge in [0.25, 0.3) is 0 Å². The molecule has 0 aromatic heterocycles. The number of nitrogens with zero attached hydrogens (tertiary/aromatic N) is 1. The highest BCUT2D eigenvalue weighted by atomic mass is 35.5. The van der Waals surface area contributed by atoms with E-state index in [1.54, 1.807) is 50.2 Å². The maximum Gasteiger partial charge on any atom is 0.241 e. The number of anilines is 1. The summed E-state index contributed by atoms with van der Waals surface area (Å²) in [6.07, 6.45) is 0. The number of ether oxygens (including phenoxy) is 1. The van der Waals surface area contributed by atoms with E-state index < -0.39 is 6.04 Å². The molecule has 0 spiro atoms. The maximum absolute atomic E-state index is 13.9. The van der Waals surface area contributed by atoms with Crippen LogP contribution in [0.5, 0.6) is 5.75 Å². The van der Waals surface area contributed by atoms with Gasteiger partial charge in [0, 0.05) is 17.1 Å². The number of benzene rings is 2. The Bertz CT molecular complexity index is 704. The van der Waals surface area contributed by atoms with Gasteiger partial charge in [0.05, 0.1) is 18.8 Å². The molecule has 24 heavy (non-hydrogen) atoms. The Balaban J connectivity index is 2.07. The zero-order valence-corrected chi connectivity index (χ0v) is 14.6. The molecule has 128 valence electrons. The van der Waals surface area contributed by atoms with Crippen molar-refractivity contribution in [3.8, 4) is 5.75 Å². The topological polar surface area (TPSA) is 41.6 Å². The van der Waals surface area contributed by atoms with Crippen LogP contribution in [0.15, 0.2) is 42.5 Å². The smallest absolute Gasteiger partial charge is 0.241 e. The van der Waals surface area contributed by atoms with Crippen LogP contribution in [0.4, 0.5) is 10.1 Å². The maximum atomic E-state index is 13.9. The van der Waals surface area contributed by atoms with Gasteiger partial charge in [-0.15, -0.1) is 0 Å². The molecule has 1 atom stereocenters. The third-order valence-corrected chi connectivity index (χ3v) is 4.23. The van der Waals surface area contributed by atoms with Gasteiger partial charge >= 0.3 is 0 Å². The summed E-state index contributed by atoms with van der Waals surface area (Å²) in [4.78, 5) is 14.2. The van der Waals surface area contributed by atoms with Crippen LogP contribution < -0.4 is 10.1 Å². The number of methoxy groups -OCH3 is 1. The summed E-state index contributed by atoms with van der Waals surface area (Å²) >= 11 is 6.04. The number of hydrogen-bond donors (Lipinski definition) is 1.